The number of carbonyl (C=O) groups is 2. The monoisotopic (exact) mass is 541 g/mol. The van der Waals surface area contributed by atoms with Gasteiger partial charge in [0.05, 0.1) is 32.0 Å². The highest BCUT2D eigenvalue weighted by Crippen LogP contribution is 2.36. The zero-order valence-electron chi connectivity index (χ0n) is 19.6. The van der Waals surface area contributed by atoms with Crippen molar-refractivity contribution in [1.29, 1.82) is 0 Å². The molecule has 184 valence electrons. The maximum absolute atomic E-state index is 13.8. The molecule has 1 heterocycles. The lowest BCUT2D eigenvalue weighted by molar-refractivity contribution is -0.129. The average molecular weight is 542 g/mol. The van der Waals surface area contributed by atoms with Crippen LogP contribution in [-0.2, 0) is 16.1 Å². The Labute approximate surface area is 212 Å². The second-order valence-corrected chi connectivity index (χ2v) is 9.19. The Morgan fingerprint density at radius 2 is 2.06 bits per heavy atom. The zero-order valence-corrected chi connectivity index (χ0v) is 21.2. The van der Waals surface area contributed by atoms with Gasteiger partial charge in [-0.2, -0.15) is 0 Å². The van der Waals surface area contributed by atoms with E-state index >= 15 is 0 Å². The maximum Gasteiger partial charge on any atom is 0.253 e. The van der Waals surface area contributed by atoms with E-state index in [2.05, 4.69) is 26.6 Å². The summed E-state index contributed by atoms with van der Waals surface area (Å²) in [6, 6.07) is 15.7. The Hall–Kier alpha value is -3.14. The Balaban J connectivity index is 1.71. The largest absolute Gasteiger partial charge is 0.496 e. The van der Waals surface area contributed by atoms with Crippen LogP contribution < -0.4 is 25.0 Å². The molecular weight excluding hydrogens is 514 g/mol. The summed E-state index contributed by atoms with van der Waals surface area (Å²) in [4.78, 5) is 28.1. The molecule has 8 nitrogen and oxygen atoms in total. The van der Waals surface area contributed by atoms with Crippen LogP contribution in [0.25, 0.3) is 10.8 Å². The first-order valence-electron chi connectivity index (χ1n) is 11.4. The molecular formula is C26H28BrN3O5. The number of benzene rings is 3. The number of hydrogen-bond donors (Lipinski definition) is 3. The maximum atomic E-state index is 13.8. The molecule has 2 amide bonds. The summed E-state index contributed by atoms with van der Waals surface area (Å²) >= 11 is 3.52. The van der Waals surface area contributed by atoms with Gasteiger partial charge in [-0.15, -0.1) is 0 Å². The van der Waals surface area contributed by atoms with E-state index in [-0.39, 0.29) is 38.1 Å². The summed E-state index contributed by atoms with van der Waals surface area (Å²) in [5.41, 5.74) is 1.47. The van der Waals surface area contributed by atoms with Gasteiger partial charge in [0.1, 0.15) is 24.1 Å². The van der Waals surface area contributed by atoms with Crippen molar-refractivity contribution in [1.82, 2.24) is 10.6 Å². The molecule has 0 bridgehead atoms. The first kappa shape index (κ1) is 25.0. The molecule has 3 N–H and O–H groups in total. The number of halogens is 1. The fraction of sp³-hybridized carbons (Fsp3) is 0.308. The summed E-state index contributed by atoms with van der Waals surface area (Å²) in [6.07, 6.45) is 0. The van der Waals surface area contributed by atoms with Crippen LogP contribution >= 0.6 is 15.9 Å². The second kappa shape index (κ2) is 11.1. The Morgan fingerprint density at radius 1 is 1.26 bits per heavy atom. The third-order valence-corrected chi connectivity index (χ3v) is 6.48. The molecule has 1 aliphatic heterocycles. The van der Waals surface area contributed by atoms with Crippen molar-refractivity contribution in [3.63, 3.8) is 0 Å². The van der Waals surface area contributed by atoms with Gasteiger partial charge in [0, 0.05) is 16.6 Å². The summed E-state index contributed by atoms with van der Waals surface area (Å²) in [5, 5.41) is 16.7. The van der Waals surface area contributed by atoms with Crippen LogP contribution in [0.3, 0.4) is 0 Å². The SMILES string of the molecule is COc1ccc2cc(Br)ccc2c1CN1C(=O)[C@@H](NC(=O)[C@H](C)NCCO)COc2ccccc21. The quantitative estimate of drug-likeness (QED) is 0.405. The summed E-state index contributed by atoms with van der Waals surface area (Å²) in [5.74, 6) is 0.594. The van der Waals surface area contributed by atoms with Crippen LogP contribution in [0.1, 0.15) is 12.5 Å². The molecule has 1 aliphatic rings. The first-order chi connectivity index (χ1) is 16.9. The predicted octanol–water partition coefficient (Wildman–Crippen LogP) is 2.99. The van der Waals surface area contributed by atoms with Crippen molar-refractivity contribution in [2.75, 3.05) is 31.8 Å². The van der Waals surface area contributed by atoms with Crippen molar-refractivity contribution in [2.45, 2.75) is 25.6 Å². The van der Waals surface area contributed by atoms with Crippen LogP contribution in [0.4, 0.5) is 5.69 Å². The molecule has 0 unspecified atom stereocenters. The van der Waals surface area contributed by atoms with Crippen LogP contribution in [0.5, 0.6) is 11.5 Å². The molecule has 4 rings (SSSR count). The highest BCUT2D eigenvalue weighted by atomic mass is 79.9. The molecule has 0 aliphatic carbocycles. The molecule has 0 fully saturated rings. The molecule has 9 heteroatoms. The van der Waals surface area contributed by atoms with E-state index < -0.39 is 12.1 Å². The summed E-state index contributed by atoms with van der Waals surface area (Å²) in [7, 11) is 1.61. The van der Waals surface area contributed by atoms with Gasteiger partial charge in [0.2, 0.25) is 5.91 Å². The van der Waals surface area contributed by atoms with Gasteiger partial charge >= 0.3 is 0 Å². The van der Waals surface area contributed by atoms with Gasteiger partial charge in [-0.25, -0.2) is 0 Å². The highest BCUT2D eigenvalue weighted by Gasteiger charge is 2.34. The number of nitrogens with zero attached hydrogens (tertiary/aromatic N) is 1. The number of methoxy groups -OCH3 is 1. The van der Waals surface area contributed by atoms with E-state index in [0.29, 0.717) is 17.2 Å². The average Bonchev–Trinajstić information content (AvgIpc) is 2.99. The minimum atomic E-state index is -0.886. The molecule has 0 aromatic heterocycles. The first-order valence-corrected chi connectivity index (χ1v) is 12.1. The number of aliphatic hydroxyl groups is 1. The van der Waals surface area contributed by atoms with Crippen molar-refractivity contribution >= 4 is 44.2 Å². The fourth-order valence-corrected chi connectivity index (χ4v) is 4.53. The number of ether oxygens (including phenoxy) is 2. The van der Waals surface area contributed by atoms with Gasteiger partial charge < -0.3 is 30.1 Å². The molecule has 2 atom stereocenters. The molecule has 0 saturated heterocycles. The van der Waals surface area contributed by atoms with E-state index in [1.165, 1.54) is 0 Å². The zero-order chi connectivity index (χ0) is 24.9. The molecule has 0 saturated carbocycles. The number of nitrogens with one attached hydrogen (secondary N) is 2. The molecule has 35 heavy (non-hydrogen) atoms. The van der Waals surface area contributed by atoms with E-state index in [1.807, 2.05) is 54.6 Å². The minimum Gasteiger partial charge on any atom is -0.496 e. The number of fused-ring (bicyclic) bond motifs is 2. The third kappa shape index (κ3) is 5.42. The molecule has 3 aromatic carbocycles. The van der Waals surface area contributed by atoms with Gasteiger partial charge in [0.25, 0.3) is 5.91 Å². The lowest BCUT2D eigenvalue weighted by atomic mass is 10.0. The second-order valence-electron chi connectivity index (χ2n) is 8.28. The lowest BCUT2D eigenvalue weighted by Gasteiger charge is -2.27. The van der Waals surface area contributed by atoms with Crippen molar-refractivity contribution in [3.8, 4) is 11.5 Å². The van der Waals surface area contributed by atoms with Crippen molar-refractivity contribution in [2.24, 2.45) is 0 Å². The van der Waals surface area contributed by atoms with Crippen LogP contribution in [0.15, 0.2) is 59.1 Å². The van der Waals surface area contributed by atoms with Crippen molar-refractivity contribution in [3.05, 3.63) is 64.6 Å². The number of aliphatic hydroxyl groups excluding tert-OH is 1. The number of carbonyl (C=O) groups excluding carboxylic acids is 2. The Bertz CT molecular complexity index is 1230. The number of hydrogen-bond acceptors (Lipinski definition) is 6. The smallest absolute Gasteiger partial charge is 0.253 e. The lowest BCUT2D eigenvalue weighted by Crippen LogP contribution is -2.54. The standard InChI is InChI=1S/C26H28BrN3O5/c1-16(28-11-12-31)25(32)29-21-15-35-24-6-4-3-5-22(24)30(26(21)33)14-20-19-9-8-18(27)13-17(19)7-10-23(20)34-2/h3-10,13,16,21,28,31H,11-12,14-15H2,1-2H3,(H,29,32)/t16-,21-/m0/s1. The van der Waals surface area contributed by atoms with Crippen LogP contribution in [-0.4, -0.2) is 55.9 Å². The van der Waals surface area contributed by atoms with E-state index in [9.17, 15) is 9.59 Å². The Morgan fingerprint density at radius 3 is 2.83 bits per heavy atom. The van der Waals surface area contributed by atoms with Gasteiger partial charge in [-0.1, -0.05) is 40.2 Å². The molecule has 0 spiro atoms. The minimum absolute atomic E-state index is 0.00439. The Kier molecular flexibility index (Phi) is 7.90. The third-order valence-electron chi connectivity index (χ3n) is 5.98. The van der Waals surface area contributed by atoms with E-state index in [0.717, 1.165) is 20.8 Å². The fourth-order valence-electron chi connectivity index (χ4n) is 4.15. The number of amides is 2. The topological polar surface area (TPSA) is 100 Å². The van der Waals surface area contributed by atoms with E-state index in [1.54, 1.807) is 18.9 Å². The number of para-hydroxylation sites is 2. The van der Waals surface area contributed by atoms with Gasteiger partial charge in [-0.05, 0) is 48.0 Å². The van der Waals surface area contributed by atoms with Gasteiger partial charge in [0.15, 0.2) is 0 Å². The van der Waals surface area contributed by atoms with Crippen molar-refractivity contribution < 1.29 is 24.2 Å². The molecule has 3 aromatic rings. The summed E-state index contributed by atoms with van der Waals surface area (Å²) < 4.78 is 12.6. The number of anilines is 1. The number of rotatable bonds is 8. The van der Waals surface area contributed by atoms with Crippen LogP contribution in [0, 0.1) is 0 Å². The van der Waals surface area contributed by atoms with Gasteiger partial charge in [-0.3, -0.25) is 9.59 Å². The normalized spacial score (nSPS) is 16.3. The highest BCUT2D eigenvalue weighted by molar-refractivity contribution is 9.10. The van der Waals surface area contributed by atoms with Crippen LogP contribution in [0.2, 0.25) is 0 Å². The van der Waals surface area contributed by atoms with E-state index in [4.69, 9.17) is 14.6 Å². The molecule has 0 radical (unpaired) electrons. The predicted molar refractivity (Wildman–Crippen MR) is 138 cm³/mol. The summed E-state index contributed by atoms with van der Waals surface area (Å²) in [6.45, 7) is 2.10.